The van der Waals surface area contributed by atoms with Crippen molar-refractivity contribution in [2.45, 2.75) is 12.3 Å². The molecule has 63 heavy (non-hydrogen) atoms. The minimum atomic E-state index is -0.282. The zero-order valence-corrected chi connectivity index (χ0v) is 35.2. The van der Waals surface area contributed by atoms with Crippen LogP contribution in [0.1, 0.15) is 23.6 Å². The van der Waals surface area contributed by atoms with E-state index in [1.54, 1.807) is 0 Å². The number of nitrogens with zero attached hydrogens (tertiary/aromatic N) is 1. The minimum absolute atomic E-state index is 0.282. The van der Waals surface area contributed by atoms with Crippen molar-refractivity contribution in [1.29, 1.82) is 0 Å². The van der Waals surface area contributed by atoms with Crippen LogP contribution >= 0.6 is 0 Å². The van der Waals surface area contributed by atoms with Crippen molar-refractivity contribution in [1.82, 2.24) is 0 Å². The van der Waals surface area contributed by atoms with Crippen LogP contribution in [0.5, 0.6) is 0 Å². The van der Waals surface area contributed by atoms with Gasteiger partial charge in [0.1, 0.15) is 0 Å². The van der Waals surface area contributed by atoms with Gasteiger partial charge in [0.05, 0.1) is 5.69 Å². The van der Waals surface area contributed by atoms with Crippen molar-refractivity contribution in [2.75, 3.05) is 4.90 Å². The molecular weight excluding hydrogens is 759 g/mol. The predicted molar refractivity (Wildman–Crippen MR) is 266 cm³/mol. The van der Waals surface area contributed by atoms with E-state index in [2.05, 4.69) is 267 Å². The Kier molecular flexibility index (Phi) is 9.71. The second-order valence-corrected chi connectivity index (χ2v) is 16.6. The Balaban J connectivity index is 1.09. The maximum atomic E-state index is 2.46. The van der Waals surface area contributed by atoms with Gasteiger partial charge in [0.2, 0.25) is 0 Å². The largest absolute Gasteiger partial charge is 0.310 e. The Bertz CT molecular complexity index is 3220. The van der Waals surface area contributed by atoms with E-state index < -0.39 is 0 Å². The maximum Gasteiger partial charge on any atom is 0.0540 e. The van der Waals surface area contributed by atoms with Crippen molar-refractivity contribution in [3.05, 3.63) is 271 Å². The molecule has 0 bridgehead atoms. The smallest absolute Gasteiger partial charge is 0.0540 e. The summed E-state index contributed by atoms with van der Waals surface area (Å²) in [6.45, 7) is 2.38. The second kappa shape index (κ2) is 16.1. The lowest BCUT2D eigenvalue weighted by Gasteiger charge is -2.31. The third kappa shape index (κ3) is 6.76. The first kappa shape index (κ1) is 38.0. The molecule has 1 aliphatic rings. The summed E-state index contributed by atoms with van der Waals surface area (Å²) < 4.78 is 0. The molecule has 1 atom stereocenters. The molecule has 0 spiro atoms. The van der Waals surface area contributed by atoms with Gasteiger partial charge in [-0.25, -0.2) is 0 Å². The van der Waals surface area contributed by atoms with E-state index >= 15 is 0 Å². The van der Waals surface area contributed by atoms with Crippen LogP contribution < -0.4 is 4.90 Å². The summed E-state index contributed by atoms with van der Waals surface area (Å²) in [5.74, 6) is 0. The minimum Gasteiger partial charge on any atom is -0.310 e. The van der Waals surface area contributed by atoms with Gasteiger partial charge in [0, 0.05) is 22.4 Å². The second-order valence-electron chi connectivity index (χ2n) is 16.6. The molecule has 1 unspecified atom stereocenters. The number of hydrogen-bond donors (Lipinski definition) is 0. The van der Waals surface area contributed by atoms with Gasteiger partial charge in [-0.1, -0.05) is 218 Å². The van der Waals surface area contributed by atoms with Gasteiger partial charge in [-0.05, 0) is 121 Å². The highest BCUT2D eigenvalue weighted by molar-refractivity contribution is 5.98. The monoisotopic (exact) mass is 803 g/mol. The fraction of sp³-hybridized carbons (Fsp3) is 0.0323. The molecule has 0 saturated carbocycles. The molecule has 10 aromatic rings. The van der Waals surface area contributed by atoms with E-state index in [-0.39, 0.29) is 5.41 Å². The predicted octanol–water partition coefficient (Wildman–Crippen LogP) is 16.8. The SMILES string of the molecule is CC1(c2ccccc2)c2ccccc2-c2cc(N(c3ccc(-c4cccc(-c5ccccc5)c4)cc3)c3ccccc3-c3ccccc3-c3ccccc3-c3ccccc3)ccc21. The third-order valence-electron chi connectivity index (χ3n) is 13.0. The summed E-state index contributed by atoms with van der Waals surface area (Å²) in [7, 11) is 0. The Hall–Kier alpha value is -8.00. The Morgan fingerprint density at radius 1 is 0.270 bits per heavy atom. The maximum absolute atomic E-state index is 2.46. The molecule has 0 N–H and O–H groups in total. The highest BCUT2D eigenvalue weighted by atomic mass is 15.1. The topological polar surface area (TPSA) is 3.24 Å². The van der Waals surface area contributed by atoms with Gasteiger partial charge >= 0.3 is 0 Å². The number of hydrogen-bond acceptors (Lipinski definition) is 1. The van der Waals surface area contributed by atoms with Gasteiger partial charge in [0.25, 0.3) is 0 Å². The normalized spacial score (nSPS) is 13.9. The van der Waals surface area contributed by atoms with Crippen LogP contribution in [-0.4, -0.2) is 0 Å². The van der Waals surface area contributed by atoms with Crippen LogP contribution in [0.4, 0.5) is 17.1 Å². The van der Waals surface area contributed by atoms with Crippen LogP contribution in [0.2, 0.25) is 0 Å². The fourth-order valence-corrected chi connectivity index (χ4v) is 9.89. The summed E-state index contributed by atoms with van der Waals surface area (Å²) in [4.78, 5) is 2.46. The summed E-state index contributed by atoms with van der Waals surface area (Å²) in [6, 6.07) is 92.9. The van der Waals surface area contributed by atoms with Crippen LogP contribution in [0.15, 0.2) is 255 Å². The molecular formula is C62H45N. The molecule has 0 aromatic heterocycles. The lowest BCUT2D eigenvalue weighted by Crippen LogP contribution is -2.22. The lowest BCUT2D eigenvalue weighted by atomic mass is 9.74. The fourth-order valence-electron chi connectivity index (χ4n) is 9.89. The number of benzene rings is 10. The van der Waals surface area contributed by atoms with E-state index in [4.69, 9.17) is 0 Å². The van der Waals surface area contributed by atoms with Crippen LogP contribution in [0, 0.1) is 0 Å². The van der Waals surface area contributed by atoms with Crippen molar-refractivity contribution in [2.24, 2.45) is 0 Å². The van der Waals surface area contributed by atoms with Gasteiger partial charge in [-0.3, -0.25) is 0 Å². The van der Waals surface area contributed by atoms with Crippen LogP contribution in [0.25, 0.3) is 66.8 Å². The van der Waals surface area contributed by atoms with Gasteiger partial charge in [-0.15, -0.1) is 0 Å². The van der Waals surface area contributed by atoms with Crippen LogP contribution in [0.3, 0.4) is 0 Å². The highest BCUT2D eigenvalue weighted by Crippen LogP contribution is 2.54. The molecule has 11 rings (SSSR count). The zero-order chi connectivity index (χ0) is 42.2. The quantitative estimate of drug-likeness (QED) is 0.140. The van der Waals surface area contributed by atoms with Gasteiger partial charge in [-0.2, -0.15) is 0 Å². The number of fused-ring (bicyclic) bond motifs is 3. The molecule has 298 valence electrons. The molecule has 0 heterocycles. The van der Waals surface area contributed by atoms with Crippen molar-refractivity contribution in [3.63, 3.8) is 0 Å². The molecule has 0 radical (unpaired) electrons. The summed E-state index contributed by atoms with van der Waals surface area (Å²) in [6.07, 6.45) is 0. The zero-order valence-electron chi connectivity index (χ0n) is 35.2. The summed E-state index contributed by atoms with van der Waals surface area (Å²) in [5.41, 5.74) is 21.5. The number of para-hydroxylation sites is 1. The third-order valence-corrected chi connectivity index (χ3v) is 13.0. The first-order chi connectivity index (χ1) is 31.1. The molecule has 0 fully saturated rings. The first-order valence-electron chi connectivity index (χ1n) is 21.8. The number of rotatable bonds is 9. The average Bonchev–Trinajstić information content (AvgIpc) is 3.63. The molecule has 1 aliphatic carbocycles. The van der Waals surface area contributed by atoms with Crippen molar-refractivity contribution < 1.29 is 0 Å². The molecule has 10 aromatic carbocycles. The Morgan fingerprint density at radius 2 is 0.714 bits per heavy atom. The molecule has 0 amide bonds. The lowest BCUT2D eigenvalue weighted by molar-refractivity contribution is 0.714. The molecule has 0 aliphatic heterocycles. The van der Waals surface area contributed by atoms with E-state index in [0.29, 0.717) is 0 Å². The standard InChI is InChI=1S/C62H45N/c1-62(49-26-9-4-10-27-49)59-34-17-15-32-56(59)58-43-51(40-41-60(58)62)63(50-38-36-45(37-39-50)48-25-19-24-47(42-48)44-20-5-2-6-21-44)61-35-18-16-33-57(61)55-31-14-13-30-54(55)53-29-12-11-28-52(53)46-22-7-3-8-23-46/h2-43H,1H3. The van der Waals surface area contributed by atoms with Crippen molar-refractivity contribution >= 4 is 17.1 Å². The van der Waals surface area contributed by atoms with E-state index in [0.717, 1.165) is 22.6 Å². The van der Waals surface area contributed by atoms with E-state index in [9.17, 15) is 0 Å². The Labute approximate surface area is 370 Å². The summed E-state index contributed by atoms with van der Waals surface area (Å²) in [5, 5.41) is 0. The van der Waals surface area contributed by atoms with Gasteiger partial charge < -0.3 is 4.90 Å². The van der Waals surface area contributed by atoms with Crippen LogP contribution in [-0.2, 0) is 5.41 Å². The molecule has 1 nitrogen and oxygen atoms in total. The summed E-state index contributed by atoms with van der Waals surface area (Å²) >= 11 is 0. The highest BCUT2D eigenvalue weighted by Gasteiger charge is 2.41. The van der Waals surface area contributed by atoms with Gasteiger partial charge in [0.15, 0.2) is 0 Å². The van der Waals surface area contributed by atoms with E-state index in [1.165, 1.54) is 77.9 Å². The van der Waals surface area contributed by atoms with E-state index in [1.807, 2.05) is 0 Å². The number of anilines is 3. The Morgan fingerprint density at radius 3 is 1.38 bits per heavy atom. The molecule has 1 heteroatoms. The van der Waals surface area contributed by atoms with Crippen molar-refractivity contribution in [3.8, 4) is 66.8 Å². The first-order valence-corrected chi connectivity index (χ1v) is 21.8. The average molecular weight is 804 g/mol. The molecule has 0 saturated heterocycles.